The van der Waals surface area contributed by atoms with Gasteiger partial charge in [-0.15, -0.1) is 0 Å². The molecule has 0 radical (unpaired) electrons. The minimum absolute atomic E-state index is 0.138. The third-order valence-corrected chi connectivity index (χ3v) is 3.87. The number of thioether (sulfide) groups is 1. The van der Waals surface area contributed by atoms with Crippen LogP contribution in [-0.2, 0) is 0 Å². The monoisotopic (exact) mass is 245 g/mol. The van der Waals surface area contributed by atoms with Gasteiger partial charge in [-0.2, -0.15) is 11.8 Å². The molecule has 0 aromatic carbocycles. The summed E-state index contributed by atoms with van der Waals surface area (Å²) in [4.78, 5) is 11.7. The van der Waals surface area contributed by atoms with Gasteiger partial charge < -0.3 is 9.73 Å². The van der Waals surface area contributed by atoms with E-state index in [0.29, 0.717) is 5.56 Å². The molecule has 0 saturated carbocycles. The van der Waals surface area contributed by atoms with Gasteiger partial charge >= 0.3 is 0 Å². The number of hydrogen-bond donors (Lipinski definition) is 1. The van der Waals surface area contributed by atoms with Crippen LogP contribution in [0, 0.1) is 0 Å². The number of amides is 1. The molecule has 2 heterocycles. The highest BCUT2D eigenvalue weighted by molar-refractivity contribution is 7.99. The van der Waals surface area contributed by atoms with E-state index in [0.717, 1.165) is 18.6 Å². The van der Waals surface area contributed by atoms with E-state index < -0.39 is 0 Å². The maximum atomic E-state index is 11.7. The van der Waals surface area contributed by atoms with Crippen molar-refractivity contribution in [2.24, 2.45) is 0 Å². The number of carbonyl (C=O) groups excluding carboxylic acids is 1. The van der Waals surface area contributed by atoms with Crippen LogP contribution in [0.2, 0.25) is 5.22 Å². The molecule has 1 saturated heterocycles. The van der Waals surface area contributed by atoms with Crippen LogP contribution < -0.4 is 5.32 Å². The summed E-state index contributed by atoms with van der Waals surface area (Å²) < 4.78 is 4.87. The van der Waals surface area contributed by atoms with Crippen molar-refractivity contribution in [1.29, 1.82) is 0 Å². The molecular weight excluding hydrogens is 234 g/mol. The van der Waals surface area contributed by atoms with Gasteiger partial charge in [-0.25, -0.2) is 0 Å². The summed E-state index contributed by atoms with van der Waals surface area (Å²) in [6.45, 7) is 0. The molecule has 1 unspecified atom stereocenters. The first kappa shape index (κ1) is 10.9. The Labute approximate surface area is 97.5 Å². The lowest BCUT2D eigenvalue weighted by Gasteiger charge is -2.22. The fourth-order valence-electron chi connectivity index (χ4n) is 1.57. The molecule has 1 amide bonds. The SMILES string of the molecule is O=C(NC1CCCSC1)c1ccoc1Cl. The molecule has 0 spiro atoms. The molecule has 82 valence electrons. The lowest BCUT2D eigenvalue weighted by molar-refractivity contribution is 0.0938. The van der Waals surface area contributed by atoms with Crippen LogP contribution in [0.25, 0.3) is 0 Å². The van der Waals surface area contributed by atoms with Crippen molar-refractivity contribution in [3.8, 4) is 0 Å². The van der Waals surface area contributed by atoms with Crippen molar-refractivity contribution in [2.75, 3.05) is 11.5 Å². The molecule has 1 fully saturated rings. The van der Waals surface area contributed by atoms with Crippen molar-refractivity contribution in [3.05, 3.63) is 23.1 Å². The Morgan fingerprint density at radius 3 is 3.13 bits per heavy atom. The van der Waals surface area contributed by atoms with Gasteiger partial charge in [0.15, 0.2) is 0 Å². The van der Waals surface area contributed by atoms with Gasteiger partial charge in [-0.05, 0) is 36.3 Å². The van der Waals surface area contributed by atoms with E-state index in [4.69, 9.17) is 16.0 Å². The Hall–Kier alpha value is -0.610. The first-order valence-corrected chi connectivity index (χ1v) is 6.42. The summed E-state index contributed by atoms with van der Waals surface area (Å²) >= 11 is 7.59. The molecular formula is C10H12ClNO2S. The lowest BCUT2D eigenvalue weighted by Crippen LogP contribution is -2.38. The second-order valence-corrected chi connectivity index (χ2v) is 4.99. The topological polar surface area (TPSA) is 42.2 Å². The molecule has 1 aliphatic heterocycles. The third-order valence-electron chi connectivity index (χ3n) is 2.36. The molecule has 1 aromatic rings. The normalized spacial score (nSPS) is 21.3. The molecule has 15 heavy (non-hydrogen) atoms. The molecule has 3 nitrogen and oxygen atoms in total. The first-order valence-electron chi connectivity index (χ1n) is 4.89. The van der Waals surface area contributed by atoms with E-state index in [1.807, 2.05) is 11.8 Å². The summed E-state index contributed by atoms with van der Waals surface area (Å²) in [6.07, 6.45) is 3.63. The van der Waals surface area contributed by atoms with Crippen LogP contribution >= 0.6 is 23.4 Å². The predicted molar refractivity (Wildman–Crippen MR) is 61.5 cm³/mol. The van der Waals surface area contributed by atoms with Gasteiger partial charge in [0, 0.05) is 11.8 Å². The Morgan fingerprint density at radius 1 is 1.67 bits per heavy atom. The van der Waals surface area contributed by atoms with Crippen LogP contribution in [0.3, 0.4) is 0 Å². The number of rotatable bonds is 2. The van der Waals surface area contributed by atoms with Gasteiger partial charge in [-0.3, -0.25) is 4.79 Å². The van der Waals surface area contributed by atoms with Gasteiger partial charge in [0.2, 0.25) is 5.22 Å². The quantitative estimate of drug-likeness (QED) is 0.871. The zero-order valence-corrected chi connectivity index (χ0v) is 9.74. The Kier molecular flexibility index (Phi) is 3.59. The average molecular weight is 246 g/mol. The molecule has 2 rings (SSSR count). The minimum Gasteiger partial charge on any atom is -0.452 e. The summed E-state index contributed by atoms with van der Waals surface area (Å²) in [5, 5.41) is 3.12. The second-order valence-electron chi connectivity index (χ2n) is 3.50. The Bertz CT molecular complexity index is 347. The zero-order valence-electron chi connectivity index (χ0n) is 8.16. The van der Waals surface area contributed by atoms with Crippen molar-refractivity contribution in [3.63, 3.8) is 0 Å². The van der Waals surface area contributed by atoms with E-state index >= 15 is 0 Å². The molecule has 1 aromatic heterocycles. The van der Waals surface area contributed by atoms with Crippen LogP contribution in [0.5, 0.6) is 0 Å². The standard InChI is InChI=1S/C10H12ClNO2S/c11-9-8(3-4-14-9)10(13)12-7-2-1-5-15-6-7/h3-4,7H,1-2,5-6H2,(H,12,13). The minimum atomic E-state index is -0.138. The summed E-state index contributed by atoms with van der Waals surface area (Å²) in [5.74, 6) is 2.04. The van der Waals surface area contributed by atoms with Gasteiger partial charge in [0.1, 0.15) is 0 Å². The fraction of sp³-hybridized carbons (Fsp3) is 0.500. The van der Waals surface area contributed by atoms with Crippen molar-refractivity contribution in [2.45, 2.75) is 18.9 Å². The van der Waals surface area contributed by atoms with E-state index in [9.17, 15) is 4.79 Å². The number of furan rings is 1. The Balaban J connectivity index is 1.94. The van der Waals surface area contributed by atoms with Crippen molar-refractivity contribution in [1.82, 2.24) is 5.32 Å². The maximum Gasteiger partial charge on any atom is 0.256 e. The van der Waals surface area contributed by atoms with Gasteiger partial charge in [0.25, 0.3) is 5.91 Å². The lowest BCUT2D eigenvalue weighted by atomic mass is 10.2. The smallest absolute Gasteiger partial charge is 0.256 e. The van der Waals surface area contributed by atoms with Crippen LogP contribution in [-0.4, -0.2) is 23.5 Å². The van der Waals surface area contributed by atoms with Crippen LogP contribution in [0.15, 0.2) is 16.7 Å². The van der Waals surface area contributed by atoms with Crippen molar-refractivity contribution < 1.29 is 9.21 Å². The van der Waals surface area contributed by atoms with Gasteiger partial charge in [0.05, 0.1) is 11.8 Å². The fourth-order valence-corrected chi connectivity index (χ4v) is 2.85. The summed E-state index contributed by atoms with van der Waals surface area (Å²) in [7, 11) is 0. The third kappa shape index (κ3) is 2.69. The number of nitrogens with one attached hydrogen (secondary N) is 1. The summed E-state index contributed by atoms with van der Waals surface area (Å²) in [6, 6.07) is 1.86. The van der Waals surface area contributed by atoms with Crippen LogP contribution in [0.1, 0.15) is 23.2 Å². The second kappa shape index (κ2) is 4.94. The largest absolute Gasteiger partial charge is 0.452 e. The highest BCUT2D eigenvalue weighted by Gasteiger charge is 2.19. The highest BCUT2D eigenvalue weighted by atomic mass is 35.5. The molecule has 5 heteroatoms. The molecule has 1 aliphatic rings. The number of halogens is 1. The predicted octanol–water partition coefficient (Wildman–Crippen LogP) is 2.56. The highest BCUT2D eigenvalue weighted by Crippen LogP contribution is 2.19. The molecule has 1 atom stereocenters. The van der Waals surface area contributed by atoms with Crippen LogP contribution in [0.4, 0.5) is 0 Å². The zero-order chi connectivity index (χ0) is 10.7. The first-order chi connectivity index (χ1) is 7.27. The summed E-state index contributed by atoms with van der Waals surface area (Å²) in [5.41, 5.74) is 0.423. The molecule has 1 N–H and O–H groups in total. The van der Waals surface area contributed by atoms with E-state index in [2.05, 4.69) is 5.32 Å². The molecule has 0 bridgehead atoms. The van der Waals surface area contributed by atoms with E-state index in [1.54, 1.807) is 6.07 Å². The Morgan fingerprint density at radius 2 is 2.53 bits per heavy atom. The maximum absolute atomic E-state index is 11.7. The average Bonchev–Trinajstić information content (AvgIpc) is 2.66. The van der Waals surface area contributed by atoms with Gasteiger partial charge in [-0.1, -0.05) is 0 Å². The van der Waals surface area contributed by atoms with Crippen molar-refractivity contribution >= 4 is 29.3 Å². The van der Waals surface area contributed by atoms with E-state index in [-0.39, 0.29) is 17.2 Å². The number of carbonyl (C=O) groups is 1. The van der Waals surface area contributed by atoms with E-state index in [1.165, 1.54) is 12.0 Å². The number of hydrogen-bond acceptors (Lipinski definition) is 3. The molecule has 0 aliphatic carbocycles.